The van der Waals surface area contributed by atoms with Crippen molar-refractivity contribution < 1.29 is 14.2 Å². The van der Waals surface area contributed by atoms with Gasteiger partial charge < -0.3 is 14.2 Å². The number of hydrogen-bond donors (Lipinski definition) is 0. The molecule has 4 heteroatoms. The molecule has 0 radical (unpaired) electrons. The molecule has 0 heterocycles. The molecule has 0 spiro atoms. The Balaban J connectivity index is 3.34. The Bertz CT molecular complexity index is 337. The summed E-state index contributed by atoms with van der Waals surface area (Å²) in [4.78, 5) is 0.201. The van der Waals surface area contributed by atoms with Gasteiger partial charge in [0.25, 0.3) is 0 Å². The van der Waals surface area contributed by atoms with Crippen molar-refractivity contribution in [2.45, 2.75) is 11.8 Å². The standard InChI is InChI=1S/C11H15BrO3/c1-7(12)8-5-6-9(13-2)11(15-4)10(8)14-3/h5-7H,1-4H3. The molecule has 84 valence electrons. The van der Waals surface area contributed by atoms with E-state index in [9.17, 15) is 0 Å². The summed E-state index contributed by atoms with van der Waals surface area (Å²) in [7, 11) is 4.83. The van der Waals surface area contributed by atoms with E-state index in [-0.39, 0.29) is 4.83 Å². The molecule has 1 aromatic rings. The molecule has 0 fully saturated rings. The van der Waals surface area contributed by atoms with Crippen molar-refractivity contribution in [1.82, 2.24) is 0 Å². The fourth-order valence-electron chi connectivity index (χ4n) is 1.44. The first kappa shape index (κ1) is 12.2. The van der Waals surface area contributed by atoms with Crippen LogP contribution in [0.3, 0.4) is 0 Å². The third-order valence-electron chi connectivity index (χ3n) is 2.16. The van der Waals surface area contributed by atoms with Crippen LogP contribution in [0.4, 0.5) is 0 Å². The molecule has 0 bridgehead atoms. The first-order chi connectivity index (χ1) is 7.15. The van der Waals surface area contributed by atoms with E-state index >= 15 is 0 Å². The second-order valence-corrected chi connectivity index (χ2v) is 4.41. The maximum absolute atomic E-state index is 5.34. The molecule has 0 saturated carbocycles. The Morgan fingerprint density at radius 3 is 2.00 bits per heavy atom. The van der Waals surface area contributed by atoms with Crippen LogP contribution in [0.15, 0.2) is 12.1 Å². The molecule has 0 aliphatic rings. The summed E-state index contributed by atoms with van der Waals surface area (Å²) >= 11 is 3.51. The van der Waals surface area contributed by atoms with Crippen LogP contribution in [0.1, 0.15) is 17.3 Å². The van der Waals surface area contributed by atoms with Crippen molar-refractivity contribution in [3.63, 3.8) is 0 Å². The van der Waals surface area contributed by atoms with Gasteiger partial charge in [-0.1, -0.05) is 22.0 Å². The summed E-state index contributed by atoms with van der Waals surface area (Å²) in [6, 6.07) is 3.83. The summed E-state index contributed by atoms with van der Waals surface area (Å²) in [5, 5.41) is 0. The molecule has 3 nitrogen and oxygen atoms in total. The maximum atomic E-state index is 5.34. The highest BCUT2D eigenvalue weighted by molar-refractivity contribution is 9.09. The van der Waals surface area contributed by atoms with Gasteiger partial charge >= 0.3 is 0 Å². The van der Waals surface area contributed by atoms with E-state index in [4.69, 9.17) is 14.2 Å². The van der Waals surface area contributed by atoms with Gasteiger partial charge in [0, 0.05) is 10.4 Å². The summed E-state index contributed by atoms with van der Waals surface area (Å²) in [5.74, 6) is 2.01. The first-order valence-corrected chi connectivity index (χ1v) is 5.50. The highest BCUT2D eigenvalue weighted by Crippen LogP contribution is 2.43. The van der Waals surface area contributed by atoms with Crippen LogP contribution in [-0.2, 0) is 0 Å². The lowest BCUT2D eigenvalue weighted by Crippen LogP contribution is -1.98. The van der Waals surface area contributed by atoms with E-state index in [0.717, 1.165) is 5.56 Å². The summed E-state index contributed by atoms with van der Waals surface area (Å²) in [6.45, 7) is 2.03. The zero-order chi connectivity index (χ0) is 11.4. The average Bonchev–Trinajstić information content (AvgIpc) is 2.26. The SMILES string of the molecule is COc1ccc(C(C)Br)c(OC)c1OC. The Morgan fingerprint density at radius 2 is 1.60 bits per heavy atom. The number of alkyl halides is 1. The van der Waals surface area contributed by atoms with Gasteiger partial charge in [0.2, 0.25) is 5.75 Å². The van der Waals surface area contributed by atoms with Crippen LogP contribution in [-0.4, -0.2) is 21.3 Å². The number of ether oxygens (including phenoxy) is 3. The van der Waals surface area contributed by atoms with Crippen molar-refractivity contribution in [2.75, 3.05) is 21.3 Å². The number of methoxy groups -OCH3 is 3. The fraction of sp³-hybridized carbons (Fsp3) is 0.455. The molecule has 15 heavy (non-hydrogen) atoms. The van der Waals surface area contributed by atoms with Crippen molar-refractivity contribution in [1.29, 1.82) is 0 Å². The smallest absolute Gasteiger partial charge is 0.203 e. The van der Waals surface area contributed by atoms with Crippen molar-refractivity contribution in [3.8, 4) is 17.2 Å². The third-order valence-corrected chi connectivity index (χ3v) is 2.66. The molecule has 1 rings (SSSR count). The zero-order valence-corrected chi connectivity index (χ0v) is 10.9. The summed E-state index contributed by atoms with van der Waals surface area (Å²) in [5.41, 5.74) is 1.04. The average molecular weight is 275 g/mol. The molecule has 1 aromatic carbocycles. The minimum absolute atomic E-state index is 0.201. The van der Waals surface area contributed by atoms with Gasteiger partial charge in [-0.05, 0) is 13.0 Å². The summed E-state index contributed by atoms with van der Waals surface area (Å²) in [6.07, 6.45) is 0. The highest BCUT2D eigenvalue weighted by atomic mass is 79.9. The van der Waals surface area contributed by atoms with Crippen LogP contribution >= 0.6 is 15.9 Å². The minimum Gasteiger partial charge on any atom is -0.493 e. The molecule has 1 unspecified atom stereocenters. The van der Waals surface area contributed by atoms with Crippen molar-refractivity contribution in [2.24, 2.45) is 0 Å². The predicted molar refractivity (Wildman–Crippen MR) is 63.4 cm³/mol. The lowest BCUT2D eigenvalue weighted by atomic mass is 10.1. The molecule has 0 aromatic heterocycles. The quantitative estimate of drug-likeness (QED) is 0.790. The van der Waals surface area contributed by atoms with Crippen LogP contribution in [0.2, 0.25) is 0 Å². The van der Waals surface area contributed by atoms with Crippen LogP contribution in [0, 0.1) is 0 Å². The minimum atomic E-state index is 0.201. The van der Waals surface area contributed by atoms with E-state index in [1.54, 1.807) is 21.3 Å². The van der Waals surface area contributed by atoms with Crippen LogP contribution < -0.4 is 14.2 Å². The second-order valence-electron chi connectivity index (χ2n) is 3.04. The maximum Gasteiger partial charge on any atom is 0.203 e. The van der Waals surface area contributed by atoms with Gasteiger partial charge in [-0.2, -0.15) is 0 Å². The number of halogens is 1. The van der Waals surface area contributed by atoms with E-state index in [1.807, 2.05) is 19.1 Å². The number of hydrogen-bond acceptors (Lipinski definition) is 3. The first-order valence-electron chi connectivity index (χ1n) is 4.58. The lowest BCUT2D eigenvalue weighted by Gasteiger charge is -2.16. The number of rotatable bonds is 4. The Labute approximate surface area is 98.5 Å². The van der Waals surface area contributed by atoms with Gasteiger partial charge in [-0.25, -0.2) is 0 Å². The molecule has 0 N–H and O–H groups in total. The van der Waals surface area contributed by atoms with Crippen LogP contribution in [0.5, 0.6) is 17.2 Å². The van der Waals surface area contributed by atoms with Gasteiger partial charge in [0.1, 0.15) is 0 Å². The molecule has 0 amide bonds. The lowest BCUT2D eigenvalue weighted by molar-refractivity contribution is 0.322. The molecule has 1 atom stereocenters. The third kappa shape index (κ3) is 2.37. The summed E-state index contributed by atoms with van der Waals surface area (Å²) < 4.78 is 15.8. The number of benzene rings is 1. The Kier molecular flexibility index (Phi) is 4.27. The van der Waals surface area contributed by atoms with Gasteiger partial charge in [-0.15, -0.1) is 0 Å². The van der Waals surface area contributed by atoms with Crippen molar-refractivity contribution >= 4 is 15.9 Å². The Morgan fingerprint density at radius 1 is 1.00 bits per heavy atom. The molecule has 0 aliphatic carbocycles. The second kappa shape index (κ2) is 5.26. The molecule has 0 saturated heterocycles. The van der Waals surface area contributed by atoms with E-state index in [0.29, 0.717) is 17.2 Å². The molecular formula is C11H15BrO3. The molecule has 0 aliphatic heterocycles. The zero-order valence-electron chi connectivity index (χ0n) is 9.33. The van der Waals surface area contributed by atoms with Gasteiger partial charge in [0.15, 0.2) is 11.5 Å². The van der Waals surface area contributed by atoms with E-state index < -0.39 is 0 Å². The van der Waals surface area contributed by atoms with Crippen LogP contribution in [0.25, 0.3) is 0 Å². The fourth-order valence-corrected chi connectivity index (χ4v) is 1.80. The predicted octanol–water partition coefficient (Wildman–Crippen LogP) is 3.17. The van der Waals surface area contributed by atoms with E-state index in [2.05, 4.69) is 15.9 Å². The Hall–Kier alpha value is -0.900. The normalized spacial score (nSPS) is 12.1. The van der Waals surface area contributed by atoms with Crippen molar-refractivity contribution in [3.05, 3.63) is 17.7 Å². The topological polar surface area (TPSA) is 27.7 Å². The van der Waals surface area contributed by atoms with Gasteiger partial charge in [-0.3, -0.25) is 0 Å². The largest absolute Gasteiger partial charge is 0.493 e. The highest BCUT2D eigenvalue weighted by Gasteiger charge is 2.17. The molecular weight excluding hydrogens is 260 g/mol. The van der Waals surface area contributed by atoms with Gasteiger partial charge in [0.05, 0.1) is 21.3 Å². The van der Waals surface area contributed by atoms with E-state index in [1.165, 1.54) is 0 Å². The monoisotopic (exact) mass is 274 g/mol.